The Balaban J connectivity index is 1.78. The molecule has 3 heterocycles. The molecule has 2 aliphatic heterocycles. The van der Waals surface area contributed by atoms with Crippen molar-refractivity contribution in [3.63, 3.8) is 0 Å². The third kappa shape index (κ3) is 3.35. The Morgan fingerprint density at radius 2 is 2.11 bits per heavy atom. The van der Waals surface area contributed by atoms with Crippen LogP contribution in [-0.2, 0) is 26.2 Å². The van der Waals surface area contributed by atoms with Crippen molar-refractivity contribution >= 4 is 47.1 Å². The number of carbonyl (C=O) groups is 4. The van der Waals surface area contributed by atoms with E-state index >= 15 is 0 Å². The molecule has 1 fully saturated rings. The molecular formula is C16H17ClN4O6S. The van der Waals surface area contributed by atoms with E-state index in [2.05, 4.69) is 10.4 Å². The van der Waals surface area contributed by atoms with Crippen LogP contribution in [0.5, 0.6) is 0 Å². The molecule has 1 saturated heterocycles. The Bertz CT molecular complexity index is 926. The summed E-state index contributed by atoms with van der Waals surface area (Å²) in [5.41, 5.74) is 0.711. The maximum absolute atomic E-state index is 12.6. The largest absolute Gasteiger partial charge is 0.477 e. The molecule has 1 aromatic rings. The predicted octanol–water partition coefficient (Wildman–Crippen LogP) is 0.297. The van der Waals surface area contributed by atoms with Crippen molar-refractivity contribution in [3.8, 4) is 0 Å². The summed E-state index contributed by atoms with van der Waals surface area (Å²) in [6.07, 6.45) is 0. The van der Waals surface area contributed by atoms with Gasteiger partial charge < -0.3 is 15.2 Å². The predicted molar refractivity (Wildman–Crippen MR) is 98.6 cm³/mol. The molecule has 2 atom stereocenters. The first-order chi connectivity index (χ1) is 13.1. The average Bonchev–Trinajstić information content (AvgIpc) is 2.90. The van der Waals surface area contributed by atoms with E-state index in [9.17, 15) is 24.3 Å². The summed E-state index contributed by atoms with van der Waals surface area (Å²) in [6.45, 7) is 2.71. The number of carbonyl (C=O) groups excluding carboxylic acids is 3. The Labute approximate surface area is 168 Å². The van der Waals surface area contributed by atoms with Gasteiger partial charge in [-0.3, -0.25) is 24.0 Å². The minimum Gasteiger partial charge on any atom is -0.477 e. The zero-order chi connectivity index (χ0) is 20.7. The first kappa shape index (κ1) is 20.2. The summed E-state index contributed by atoms with van der Waals surface area (Å²) in [6, 6.07) is -0.902. The topological polar surface area (TPSA) is 131 Å². The molecule has 1 aromatic heterocycles. The smallest absolute Gasteiger partial charge is 0.352 e. The number of thioether (sulfide) groups is 1. The number of ether oxygens (including phenoxy) is 1. The van der Waals surface area contributed by atoms with Crippen LogP contribution in [0, 0.1) is 6.92 Å². The lowest BCUT2D eigenvalue weighted by molar-refractivity contribution is -0.149. The minimum atomic E-state index is -1.30. The van der Waals surface area contributed by atoms with Crippen LogP contribution in [0.2, 0.25) is 5.02 Å². The molecule has 0 spiro atoms. The van der Waals surface area contributed by atoms with Crippen LogP contribution in [0.1, 0.15) is 23.1 Å². The minimum absolute atomic E-state index is 0.00160. The highest BCUT2D eigenvalue weighted by Crippen LogP contribution is 2.40. The quantitative estimate of drug-likeness (QED) is 0.505. The van der Waals surface area contributed by atoms with Gasteiger partial charge >= 0.3 is 11.9 Å². The van der Waals surface area contributed by atoms with Gasteiger partial charge in [0.25, 0.3) is 11.8 Å². The highest BCUT2D eigenvalue weighted by atomic mass is 35.5. The molecule has 0 aromatic carbocycles. The van der Waals surface area contributed by atoms with Crippen molar-refractivity contribution in [1.82, 2.24) is 20.0 Å². The van der Waals surface area contributed by atoms with Crippen molar-refractivity contribution in [3.05, 3.63) is 27.7 Å². The van der Waals surface area contributed by atoms with Gasteiger partial charge in [-0.1, -0.05) is 11.6 Å². The molecule has 12 heteroatoms. The average molecular weight is 429 g/mol. The number of hydrogen-bond acceptors (Lipinski definition) is 7. The number of hydrogen-bond donors (Lipinski definition) is 2. The second-order valence-electron chi connectivity index (χ2n) is 6.27. The van der Waals surface area contributed by atoms with Gasteiger partial charge in [0, 0.05) is 25.3 Å². The first-order valence-corrected chi connectivity index (χ1v) is 9.59. The van der Waals surface area contributed by atoms with Gasteiger partial charge in [0.05, 0.1) is 10.7 Å². The van der Waals surface area contributed by atoms with Crippen LogP contribution in [-0.4, -0.2) is 67.3 Å². The number of rotatable bonds is 5. The number of β-lactam (4-membered cyclic amide) rings is 1. The number of nitrogens with zero attached hydrogens (tertiary/aromatic N) is 3. The van der Waals surface area contributed by atoms with Gasteiger partial charge in [-0.15, -0.1) is 11.8 Å². The number of carboxylic acid groups (broad SMARTS) is 1. The fraction of sp³-hybridized carbons (Fsp3) is 0.438. The van der Waals surface area contributed by atoms with E-state index < -0.39 is 35.2 Å². The molecule has 150 valence electrons. The standard InChI is InChI=1S/C16H17ClN4O6S/c1-6-9(17)10(19-20(6)3)13(23)18-11-14(24)21-12(16(25)26)8(4-27-7(2)22)5-28-15(11)21/h11,15H,4-5H2,1-3H3,(H,18,23)(H,25,26)/t11-,15+/m0/s1. The number of carboxylic acids is 1. The summed E-state index contributed by atoms with van der Waals surface area (Å²) in [7, 11) is 1.64. The molecule has 2 N–H and O–H groups in total. The van der Waals surface area contributed by atoms with Crippen LogP contribution >= 0.6 is 23.4 Å². The van der Waals surface area contributed by atoms with Crippen LogP contribution in [0.25, 0.3) is 0 Å². The van der Waals surface area contributed by atoms with Crippen molar-refractivity contribution in [2.75, 3.05) is 12.4 Å². The van der Waals surface area contributed by atoms with E-state index in [-0.39, 0.29) is 28.8 Å². The molecule has 0 unspecified atom stereocenters. The van der Waals surface area contributed by atoms with Crippen molar-refractivity contribution < 1.29 is 29.0 Å². The fourth-order valence-corrected chi connectivity index (χ4v) is 4.49. The number of nitrogens with one attached hydrogen (secondary N) is 1. The monoisotopic (exact) mass is 428 g/mol. The summed E-state index contributed by atoms with van der Waals surface area (Å²) in [5.74, 6) is -2.77. The number of aliphatic carboxylic acids is 1. The van der Waals surface area contributed by atoms with E-state index in [0.717, 1.165) is 4.90 Å². The van der Waals surface area contributed by atoms with E-state index in [1.54, 1.807) is 14.0 Å². The summed E-state index contributed by atoms with van der Waals surface area (Å²) in [4.78, 5) is 48.8. The van der Waals surface area contributed by atoms with Crippen molar-refractivity contribution in [1.29, 1.82) is 0 Å². The maximum Gasteiger partial charge on any atom is 0.352 e. The van der Waals surface area contributed by atoms with E-state index in [1.807, 2.05) is 0 Å². The highest BCUT2D eigenvalue weighted by molar-refractivity contribution is 8.00. The molecule has 0 bridgehead atoms. The molecule has 2 aliphatic rings. The molecule has 0 radical (unpaired) electrons. The number of aryl methyl sites for hydroxylation is 1. The van der Waals surface area contributed by atoms with Crippen molar-refractivity contribution in [2.24, 2.45) is 7.05 Å². The number of aromatic nitrogens is 2. The third-order valence-electron chi connectivity index (χ3n) is 4.46. The number of esters is 1. The van der Waals surface area contributed by atoms with Crippen LogP contribution in [0.4, 0.5) is 0 Å². The Morgan fingerprint density at radius 3 is 2.64 bits per heavy atom. The van der Waals surface area contributed by atoms with Crippen LogP contribution in [0.15, 0.2) is 11.3 Å². The molecule has 3 rings (SSSR count). The van der Waals surface area contributed by atoms with Gasteiger partial charge in [0.15, 0.2) is 5.69 Å². The Morgan fingerprint density at radius 1 is 1.43 bits per heavy atom. The van der Waals surface area contributed by atoms with Gasteiger partial charge in [0.2, 0.25) is 0 Å². The van der Waals surface area contributed by atoms with Gasteiger partial charge in [-0.05, 0) is 6.92 Å². The summed E-state index contributed by atoms with van der Waals surface area (Å²) >= 11 is 7.37. The maximum atomic E-state index is 12.6. The van der Waals surface area contributed by atoms with E-state index in [4.69, 9.17) is 16.3 Å². The lowest BCUT2D eigenvalue weighted by atomic mass is 10.0. The summed E-state index contributed by atoms with van der Waals surface area (Å²) < 4.78 is 6.33. The van der Waals surface area contributed by atoms with Gasteiger partial charge in [-0.2, -0.15) is 5.10 Å². The second kappa shape index (κ2) is 7.47. The van der Waals surface area contributed by atoms with E-state index in [0.29, 0.717) is 11.3 Å². The molecule has 0 aliphatic carbocycles. The van der Waals surface area contributed by atoms with Gasteiger partial charge in [0.1, 0.15) is 23.7 Å². The highest BCUT2D eigenvalue weighted by Gasteiger charge is 2.54. The normalized spacial score (nSPS) is 21.1. The van der Waals surface area contributed by atoms with Gasteiger partial charge in [-0.25, -0.2) is 4.79 Å². The summed E-state index contributed by atoms with van der Waals surface area (Å²) in [5, 5.41) is 15.7. The molecule has 10 nitrogen and oxygen atoms in total. The second-order valence-corrected chi connectivity index (χ2v) is 7.75. The first-order valence-electron chi connectivity index (χ1n) is 8.16. The lowest BCUT2D eigenvalue weighted by Gasteiger charge is -2.49. The van der Waals surface area contributed by atoms with Crippen LogP contribution < -0.4 is 5.32 Å². The molecule has 2 amide bonds. The number of halogens is 1. The SMILES string of the molecule is CC(=O)OCC1=C(C(=O)O)N2C(=O)[C@H](NC(=O)c3nn(C)c(C)c3Cl)[C@H]2SC1. The Hall–Kier alpha value is -2.53. The molecule has 28 heavy (non-hydrogen) atoms. The van der Waals surface area contributed by atoms with E-state index in [1.165, 1.54) is 23.4 Å². The number of amides is 2. The third-order valence-corrected chi connectivity index (χ3v) is 6.25. The molecule has 0 saturated carbocycles. The molecular weight excluding hydrogens is 412 g/mol. The zero-order valence-corrected chi connectivity index (χ0v) is 16.8. The lowest BCUT2D eigenvalue weighted by Crippen LogP contribution is -2.70. The fourth-order valence-electron chi connectivity index (χ4n) is 2.92. The number of fused-ring (bicyclic) bond motifs is 1. The zero-order valence-electron chi connectivity index (χ0n) is 15.2. The Kier molecular flexibility index (Phi) is 5.39. The van der Waals surface area contributed by atoms with Crippen molar-refractivity contribution in [2.45, 2.75) is 25.3 Å². The van der Waals surface area contributed by atoms with Crippen LogP contribution in [0.3, 0.4) is 0 Å².